The molecule has 0 fully saturated rings. The number of nitrogens with zero attached hydrogens (tertiary/aromatic N) is 1. The molecule has 0 saturated carbocycles. The first-order valence-corrected chi connectivity index (χ1v) is 13.5. The lowest BCUT2D eigenvalue weighted by atomic mass is 10.1. The molecule has 1 amide bonds. The first-order valence-electron chi connectivity index (χ1n) is 10.5. The molecule has 12 heteroatoms. The maximum Gasteiger partial charge on any atom is 0.261 e. The predicted octanol–water partition coefficient (Wildman–Crippen LogP) is 7.00. The lowest BCUT2D eigenvalue weighted by Crippen LogP contribution is -2.19. The minimum Gasteiger partial charge on any atom is -0.480 e. The molecule has 0 bridgehead atoms. The van der Waals surface area contributed by atoms with Crippen molar-refractivity contribution < 1.29 is 22.7 Å². The first kappa shape index (κ1) is 26.7. The summed E-state index contributed by atoms with van der Waals surface area (Å²) < 4.78 is 40.2. The van der Waals surface area contributed by atoms with Crippen molar-refractivity contribution in [1.82, 2.24) is 4.98 Å². The van der Waals surface area contributed by atoms with E-state index < -0.39 is 15.9 Å². The van der Waals surface area contributed by atoms with Crippen LogP contribution in [0, 0.1) is 0 Å². The summed E-state index contributed by atoms with van der Waals surface area (Å²) in [5.41, 5.74) is 0.307. The molecule has 190 valence electrons. The lowest BCUT2D eigenvalue weighted by Gasteiger charge is -2.15. The van der Waals surface area contributed by atoms with E-state index in [1.165, 1.54) is 55.8 Å². The maximum absolute atomic E-state index is 13.1. The highest BCUT2D eigenvalue weighted by atomic mass is 79.9. The summed E-state index contributed by atoms with van der Waals surface area (Å²) in [5, 5.41) is 3.34. The number of aromatic nitrogens is 1. The number of amides is 1. The SMILES string of the molecule is COc1ncc(Br)cc1NC(=O)c1cc(Cl)ccc1NS(=O)(=O)c1ccc(Oc2ccccc2Cl)cc1. The number of sulfonamides is 1. The van der Waals surface area contributed by atoms with Crippen LogP contribution in [0.4, 0.5) is 11.4 Å². The van der Waals surface area contributed by atoms with E-state index in [9.17, 15) is 13.2 Å². The van der Waals surface area contributed by atoms with Crippen LogP contribution < -0.4 is 19.5 Å². The van der Waals surface area contributed by atoms with Crippen molar-refractivity contribution in [2.45, 2.75) is 4.90 Å². The van der Waals surface area contributed by atoms with E-state index in [2.05, 4.69) is 31.0 Å². The molecule has 37 heavy (non-hydrogen) atoms. The van der Waals surface area contributed by atoms with Crippen LogP contribution in [0.15, 0.2) is 88.4 Å². The maximum atomic E-state index is 13.1. The van der Waals surface area contributed by atoms with Gasteiger partial charge in [0.2, 0.25) is 5.88 Å². The molecule has 4 rings (SSSR count). The molecule has 3 aromatic carbocycles. The number of rotatable bonds is 8. The molecule has 0 saturated heterocycles. The molecule has 0 unspecified atom stereocenters. The largest absolute Gasteiger partial charge is 0.480 e. The van der Waals surface area contributed by atoms with Gasteiger partial charge in [-0.15, -0.1) is 0 Å². The average molecular weight is 623 g/mol. The number of anilines is 2. The molecular weight excluding hydrogens is 605 g/mol. The van der Waals surface area contributed by atoms with Gasteiger partial charge >= 0.3 is 0 Å². The van der Waals surface area contributed by atoms with E-state index in [4.69, 9.17) is 32.7 Å². The minimum absolute atomic E-state index is 0.00298. The fourth-order valence-electron chi connectivity index (χ4n) is 3.21. The minimum atomic E-state index is -4.07. The Balaban J connectivity index is 1.57. The standard InChI is InChI=1S/C25H18BrCl2N3O5S/c1-35-25-22(12-15(26)14-29-25)30-24(32)19-13-16(27)6-11-21(19)31-37(33,34)18-9-7-17(8-10-18)36-23-5-3-2-4-20(23)28/h2-14,31H,1H3,(H,30,32). The number of para-hydroxylation sites is 1. The number of halogens is 3. The Morgan fingerprint density at radius 1 is 0.973 bits per heavy atom. The van der Waals surface area contributed by atoms with Gasteiger partial charge in [-0.1, -0.05) is 35.3 Å². The highest BCUT2D eigenvalue weighted by Gasteiger charge is 2.21. The number of benzene rings is 3. The topological polar surface area (TPSA) is 107 Å². The van der Waals surface area contributed by atoms with Gasteiger partial charge in [-0.2, -0.15) is 0 Å². The van der Waals surface area contributed by atoms with Crippen molar-refractivity contribution in [1.29, 1.82) is 0 Å². The summed E-state index contributed by atoms with van der Waals surface area (Å²) >= 11 is 15.5. The second-order valence-corrected chi connectivity index (χ2v) is 10.9. The number of carbonyl (C=O) groups is 1. The fourth-order valence-corrected chi connectivity index (χ4v) is 4.96. The van der Waals surface area contributed by atoms with Gasteiger partial charge in [-0.3, -0.25) is 9.52 Å². The number of methoxy groups -OCH3 is 1. The third-order valence-electron chi connectivity index (χ3n) is 4.93. The molecule has 0 aliphatic carbocycles. The lowest BCUT2D eigenvalue weighted by molar-refractivity contribution is 0.102. The van der Waals surface area contributed by atoms with Crippen LogP contribution in [-0.2, 0) is 10.0 Å². The fraction of sp³-hybridized carbons (Fsp3) is 0.0400. The van der Waals surface area contributed by atoms with E-state index in [1.54, 1.807) is 30.3 Å². The van der Waals surface area contributed by atoms with E-state index in [-0.39, 0.29) is 32.7 Å². The Bertz CT molecular complexity index is 1570. The zero-order valence-electron chi connectivity index (χ0n) is 19.0. The summed E-state index contributed by atoms with van der Waals surface area (Å²) in [4.78, 5) is 17.1. The van der Waals surface area contributed by atoms with E-state index in [1.807, 2.05) is 0 Å². The number of pyridine rings is 1. The van der Waals surface area contributed by atoms with Gasteiger partial charge in [0.1, 0.15) is 17.2 Å². The van der Waals surface area contributed by atoms with Crippen LogP contribution in [0.25, 0.3) is 0 Å². The van der Waals surface area contributed by atoms with Gasteiger partial charge in [-0.05, 0) is 76.6 Å². The molecule has 2 N–H and O–H groups in total. The molecule has 0 radical (unpaired) electrons. The highest BCUT2D eigenvalue weighted by molar-refractivity contribution is 9.10. The molecule has 8 nitrogen and oxygen atoms in total. The molecule has 0 aliphatic rings. The van der Waals surface area contributed by atoms with Crippen molar-refractivity contribution in [3.05, 3.63) is 99.1 Å². The van der Waals surface area contributed by atoms with Crippen LogP contribution >= 0.6 is 39.1 Å². The van der Waals surface area contributed by atoms with E-state index >= 15 is 0 Å². The van der Waals surface area contributed by atoms with Crippen LogP contribution in [0.3, 0.4) is 0 Å². The molecule has 0 spiro atoms. The molecular formula is C25H18BrCl2N3O5S. The Hall–Kier alpha value is -3.31. The highest BCUT2D eigenvalue weighted by Crippen LogP contribution is 2.31. The first-order chi connectivity index (χ1) is 17.7. The van der Waals surface area contributed by atoms with Crippen LogP contribution in [0.2, 0.25) is 10.0 Å². The predicted molar refractivity (Wildman–Crippen MR) is 147 cm³/mol. The van der Waals surface area contributed by atoms with Crippen LogP contribution in [-0.4, -0.2) is 26.4 Å². The summed E-state index contributed by atoms with van der Waals surface area (Å²) in [7, 11) is -2.66. The zero-order valence-corrected chi connectivity index (χ0v) is 23.0. The van der Waals surface area contributed by atoms with Gasteiger partial charge in [0, 0.05) is 15.7 Å². The average Bonchev–Trinajstić information content (AvgIpc) is 2.87. The van der Waals surface area contributed by atoms with Crippen molar-refractivity contribution in [2.24, 2.45) is 0 Å². The Labute approximate surface area is 231 Å². The summed E-state index contributed by atoms with van der Waals surface area (Å²) in [6, 6.07) is 18.5. The third kappa shape index (κ3) is 6.53. The Morgan fingerprint density at radius 2 is 1.70 bits per heavy atom. The van der Waals surface area contributed by atoms with E-state index in [0.29, 0.717) is 21.0 Å². The second kappa shape index (κ2) is 11.4. The normalized spacial score (nSPS) is 11.0. The summed E-state index contributed by atoms with van der Waals surface area (Å²) in [5.74, 6) is 0.392. The third-order valence-corrected chi connectivity index (χ3v) is 7.29. The summed E-state index contributed by atoms with van der Waals surface area (Å²) in [6.45, 7) is 0. The van der Waals surface area contributed by atoms with Crippen LogP contribution in [0.5, 0.6) is 17.4 Å². The van der Waals surface area contributed by atoms with Crippen molar-refractivity contribution in [2.75, 3.05) is 17.1 Å². The number of hydrogen-bond donors (Lipinski definition) is 2. The quantitative estimate of drug-likeness (QED) is 0.219. The van der Waals surface area contributed by atoms with E-state index in [0.717, 1.165) is 0 Å². The molecule has 4 aromatic rings. The van der Waals surface area contributed by atoms with Gasteiger partial charge in [-0.25, -0.2) is 13.4 Å². The van der Waals surface area contributed by atoms with Crippen LogP contribution in [0.1, 0.15) is 10.4 Å². The number of ether oxygens (including phenoxy) is 2. The van der Waals surface area contributed by atoms with Crippen molar-refractivity contribution in [3.63, 3.8) is 0 Å². The number of nitrogens with one attached hydrogen (secondary N) is 2. The Kier molecular flexibility index (Phi) is 8.23. The summed E-state index contributed by atoms with van der Waals surface area (Å²) in [6.07, 6.45) is 1.51. The zero-order chi connectivity index (χ0) is 26.6. The molecule has 1 heterocycles. The second-order valence-electron chi connectivity index (χ2n) is 7.46. The molecule has 1 aromatic heterocycles. The van der Waals surface area contributed by atoms with Gasteiger partial charge in [0.15, 0.2) is 0 Å². The number of carbonyl (C=O) groups excluding carboxylic acids is 1. The number of hydrogen-bond acceptors (Lipinski definition) is 6. The van der Waals surface area contributed by atoms with Gasteiger partial charge in [0.25, 0.3) is 15.9 Å². The van der Waals surface area contributed by atoms with Crippen molar-refractivity contribution in [3.8, 4) is 17.4 Å². The monoisotopic (exact) mass is 621 g/mol. The van der Waals surface area contributed by atoms with Crippen molar-refractivity contribution >= 4 is 66.4 Å². The van der Waals surface area contributed by atoms with Gasteiger partial charge in [0.05, 0.1) is 28.3 Å². The smallest absolute Gasteiger partial charge is 0.261 e. The molecule has 0 atom stereocenters. The molecule has 0 aliphatic heterocycles. The Morgan fingerprint density at radius 3 is 2.41 bits per heavy atom. The van der Waals surface area contributed by atoms with Gasteiger partial charge < -0.3 is 14.8 Å².